The highest BCUT2D eigenvalue weighted by molar-refractivity contribution is 5.96. The zero-order valence-electron chi connectivity index (χ0n) is 15.4. The molecule has 2 aromatic carbocycles. The van der Waals surface area contributed by atoms with Crippen LogP contribution in [0.25, 0.3) is 11.0 Å². The molecular formula is C20H22N4O3. The first-order chi connectivity index (χ1) is 13.0. The molecule has 0 aliphatic heterocycles. The summed E-state index contributed by atoms with van der Waals surface area (Å²) in [5.74, 6) is -0.462. The van der Waals surface area contributed by atoms with Gasteiger partial charge in [0.2, 0.25) is 5.91 Å². The fourth-order valence-electron chi connectivity index (χ4n) is 3.04. The predicted molar refractivity (Wildman–Crippen MR) is 105 cm³/mol. The third-order valence-electron chi connectivity index (χ3n) is 4.31. The maximum absolute atomic E-state index is 12.6. The van der Waals surface area contributed by atoms with Gasteiger partial charge < -0.3 is 10.6 Å². The third kappa shape index (κ3) is 3.76. The van der Waals surface area contributed by atoms with Crippen molar-refractivity contribution in [2.24, 2.45) is 0 Å². The fourth-order valence-corrected chi connectivity index (χ4v) is 3.04. The van der Waals surface area contributed by atoms with E-state index in [1.807, 2.05) is 38.1 Å². The topological polar surface area (TPSA) is 85.1 Å². The van der Waals surface area contributed by atoms with Crippen molar-refractivity contribution in [2.75, 3.05) is 11.9 Å². The van der Waals surface area contributed by atoms with E-state index in [0.717, 1.165) is 11.0 Å². The van der Waals surface area contributed by atoms with Gasteiger partial charge in [-0.2, -0.15) is 0 Å². The van der Waals surface area contributed by atoms with E-state index < -0.39 is 0 Å². The molecule has 3 rings (SSSR count). The molecule has 0 atom stereocenters. The number of nitrogens with zero attached hydrogens (tertiary/aromatic N) is 2. The van der Waals surface area contributed by atoms with Crippen molar-refractivity contribution in [3.05, 3.63) is 64.6 Å². The van der Waals surface area contributed by atoms with E-state index in [9.17, 15) is 14.4 Å². The van der Waals surface area contributed by atoms with Gasteiger partial charge in [-0.15, -0.1) is 0 Å². The Morgan fingerprint density at radius 1 is 0.926 bits per heavy atom. The normalized spacial score (nSPS) is 10.7. The van der Waals surface area contributed by atoms with Crippen molar-refractivity contribution >= 4 is 28.5 Å². The number of aryl methyl sites for hydroxylation is 1. The van der Waals surface area contributed by atoms with Gasteiger partial charge >= 0.3 is 5.69 Å². The van der Waals surface area contributed by atoms with Crippen LogP contribution >= 0.6 is 0 Å². The predicted octanol–water partition coefficient (Wildman–Crippen LogP) is 2.21. The molecule has 0 radical (unpaired) electrons. The van der Waals surface area contributed by atoms with E-state index in [4.69, 9.17) is 0 Å². The Bertz CT molecular complexity index is 1030. The molecular weight excluding hydrogens is 344 g/mol. The molecule has 2 amide bonds. The summed E-state index contributed by atoms with van der Waals surface area (Å²) in [7, 11) is 0. The zero-order chi connectivity index (χ0) is 19.4. The average molecular weight is 366 g/mol. The molecule has 1 heterocycles. The van der Waals surface area contributed by atoms with Gasteiger partial charge in [0.15, 0.2) is 0 Å². The standard InChI is InChI=1S/C20H22N4O3/c1-3-21-19(26)14-9-11-15(12-10-14)22-18(25)13-24-17-8-6-5-7-16(17)23(4-2)20(24)27/h5-12H,3-4,13H2,1-2H3,(H,21,26)(H,22,25). The minimum atomic E-state index is -0.304. The van der Waals surface area contributed by atoms with E-state index in [1.54, 1.807) is 28.8 Å². The molecule has 0 saturated carbocycles. The van der Waals surface area contributed by atoms with Crippen LogP contribution < -0.4 is 16.3 Å². The van der Waals surface area contributed by atoms with Gasteiger partial charge in [-0.3, -0.25) is 18.7 Å². The Labute approximate surface area is 156 Å². The van der Waals surface area contributed by atoms with Gasteiger partial charge in [-0.05, 0) is 50.2 Å². The summed E-state index contributed by atoms with van der Waals surface area (Å²) in [4.78, 5) is 36.8. The highest BCUT2D eigenvalue weighted by Crippen LogP contribution is 2.14. The van der Waals surface area contributed by atoms with Crippen LogP contribution in [0.3, 0.4) is 0 Å². The Balaban J connectivity index is 1.77. The van der Waals surface area contributed by atoms with Gasteiger partial charge in [0.25, 0.3) is 5.91 Å². The number of aromatic nitrogens is 2. The number of nitrogens with one attached hydrogen (secondary N) is 2. The van der Waals surface area contributed by atoms with Crippen LogP contribution in [-0.4, -0.2) is 27.5 Å². The summed E-state index contributed by atoms with van der Waals surface area (Å²) in [5.41, 5.74) is 2.42. The van der Waals surface area contributed by atoms with Crippen LogP contribution in [0.15, 0.2) is 53.3 Å². The van der Waals surface area contributed by atoms with Crippen LogP contribution in [-0.2, 0) is 17.9 Å². The van der Waals surface area contributed by atoms with E-state index in [-0.39, 0.29) is 24.0 Å². The van der Waals surface area contributed by atoms with Crippen molar-refractivity contribution in [3.8, 4) is 0 Å². The van der Waals surface area contributed by atoms with Crippen molar-refractivity contribution in [2.45, 2.75) is 26.9 Å². The number of carbonyl (C=O) groups is 2. The number of benzene rings is 2. The van der Waals surface area contributed by atoms with Crippen LogP contribution in [0.2, 0.25) is 0 Å². The number of rotatable bonds is 6. The van der Waals surface area contributed by atoms with Crippen LogP contribution in [0, 0.1) is 0 Å². The van der Waals surface area contributed by atoms with E-state index in [2.05, 4.69) is 10.6 Å². The number of hydrogen-bond acceptors (Lipinski definition) is 3. The number of para-hydroxylation sites is 2. The smallest absolute Gasteiger partial charge is 0.329 e. The summed E-state index contributed by atoms with van der Waals surface area (Å²) >= 11 is 0. The first-order valence-corrected chi connectivity index (χ1v) is 8.91. The Hall–Kier alpha value is -3.35. The fraction of sp³-hybridized carbons (Fsp3) is 0.250. The number of carbonyl (C=O) groups excluding carboxylic acids is 2. The van der Waals surface area contributed by atoms with Crippen molar-refractivity contribution in [3.63, 3.8) is 0 Å². The van der Waals surface area contributed by atoms with Gasteiger partial charge in [0, 0.05) is 24.3 Å². The summed E-state index contributed by atoms with van der Waals surface area (Å²) in [6.45, 7) is 4.76. The van der Waals surface area contributed by atoms with Gasteiger partial charge in [-0.1, -0.05) is 12.1 Å². The van der Waals surface area contributed by atoms with Crippen molar-refractivity contribution in [1.82, 2.24) is 14.5 Å². The minimum absolute atomic E-state index is 0.0789. The molecule has 3 aromatic rings. The number of imidazole rings is 1. The highest BCUT2D eigenvalue weighted by atomic mass is 16.2. The second kappa shape index (κ2) is 7.90. The SMILES string of the molecule is CCNC(=O)c1ccc(NC(=O)Cn2c(=O)n(CC)c3ccccc32)cc1. The van der Waals surface area contributed by atoms with Crippen molar-refractivity contribution in [1.29, 1.82) is 0 Å². The Kier molecular flexibility index (Phi) is 5.40. The molecule has 0 spiro atoms. The molecule has 2 N–H and O–H groups in total. The Morgan fingerprint density at radius 2 is 1.56 bits per heavy atom. The second-order valence-electron chi connectivity index (χ2n) is 6.09. The number of amides is 2. The molecule has 1 aromatic heterocycles. The summed E-state index contributed by atoms with van der Waals surface area (Å²) in [6, 6.07) is 14.0. The van der Waals surface area contributed by atoms with E-state index in [0.29, 0.717) is 24.3 Å². The largest absolute Gasteiger partial charge is 0.352 e. The number of anilines is 1. The summed E-state index contributed by atoms with van der Waals surface area (Å²) in [6.07, 6.45) is 0. The molecule has 0 aliphatic rings. The maximum atomic E-state index is 12.6. The van der Waals surface area contributed by atoms with Gasteiger partial charge in [0.1, 0.15) is 6.54 Å². The zero-order valence-corrected chi connectivity index (χ0v) is 15.4. The van der Waals surface area contributed by atoms with E-state index >= 15 is 0 Å². The quantitative estimate of drug-likeness (QED) is 0.701. The molecule has 7 nitrogen and oxygen atoms in total. The van der Waals surface area contributed by atoms with Crippen LogP contribution in [0.1, 0.15) is 24.2 Å². The third-order valence-corrected chi connectivity index (χ3v) is 4.31. The summed E-state index contributed by atoms with van der Waals surface area (Å²) in [5, 5.41) is 5.49. The lowest BCUT2D eigenvalue weighted by Crippen LogP contribution is -2.29. The van der Waals surface area contributed by atoms with Crippen LogP contribution in [0.5, 0.6) is 0 Å². The highest BCUT2D eigenvalue weighted by Gasteiger charge is 2.14. The first kappa shape index (κ1) is 18.4. The molecule has 27 heavy (non-hydrogen) atoms. The molecule has 0 saturated heterocycles. The lowest BCUT2D eigenvalue weighted by atomic mass is 10.2. The molecule has 0 unspecified atom stereocenters. The van der Waals surface area contributed by atoms with Gasteiger partial charge in [-0.25, -0.2) is 4.79 Å². The molecule has 140 valence electrons. The maximum Gasteiger partial charge on any atom is 0.329 e. The monoisotopic (exact) mass is 366 g/mol. The molecule has 0 fully saturated rings. The van der Waals surface area contributed by atoms with Crippen molar-refractivity contribution < 1.29 is 9.59 Å². The minimum Gasteiger partial charge on any atom is -0.352 e. The van der Waals surface area contributed by atoms with Gasteiger partial charge in [0.05, 0.1) is 11.0 Å². The lowest BCUT2D eigenvalue weighted by Gasteiger charge is -2.07. The molecule has 0 aliphatic carbocycles. The number of hydrogen-bond donors (Lipinski definition) is 2. The lowest BCUT2D eigenvalue weighted by molar-refractivity contribution is -0.116. The average Bonchev–Trinajstić information content (AvgIpc) is 2.93. The first-order valence-electron chi connectivity index (χ1n) is 8.91. The Morgan fingerprint density at radius 3 is 2.15 bits per heavy atom. The molecule has 0 bridgehead atoms. The molecule has 7 heteroatoms. The second-order valence-corrected chi connectivity index (χ2v) is 6.09. The summed E-state index contributed by atoms with van der Waals surface area (Å²) < 4.78 is 3.11. The number of fused-ring (bicyclic) bond motifs is 1. The van der Waals surface area contributed by atoms with Crippen LogP contribution in [0.4, 0.5) is 5.69 Å². The van der Waals surface area contributed by atoms with E-state index in [1.165, 1.54) is 4.57 Å².